The molecule has 1 aromatic heterocycles. The first kappa shape index (κ1) is 9.58. The Morgan fingerprint density at radius 2 is 2.12 bits per heavy atom. The van der Waals surface area contributed by atoms with Crippen molar-refractivity contribution in [2.45, 2.75) is 25.9 Å². The number of hydrogen-bond donors (Lipinski definition) is 0. The molecule has 3 heteroatoms. The number of aromatic nitrogens is 1. The zero-order chi connectivity index (χ0) is 11.1. The zero-order valence-corrected chi connectivity index (χ0v) is 9.03. The van der Waals surface area contributed by atoms with Gasteiger partial charge in [0, 0.05) is 5.39 Å². The highest BCUT2D eigenvalue weighted by atomic mass is 19.1. The van der Waals surface area contributed by atoms with Crippen molar-refractivity contribution in [3.05, 3.63) is 35.8 Å². The van der Waals surface area contributed by atoms with Crippen LogP contribution in [0.2, 0.25) is 0 Å². The molecule has 2 aromatic rings. The van der Waals surface area contributed by atoms with Crippen LogP contribution in [-0.4, -0.2) is 11.1 Å². The van der Waals surface area contributed by atoms with Gasteiger partial charge < -0.3 is 4.74 Å². The van der Waals surface area contributed by atoms with Crippen LogP contribution >= 0.6 is 0 Å². The predicted molar refractivity (Wildman–Crippen MR) is 60.1 cm³/mol. The van der Waals surface area contributed by atoms with Gasteiger partial charge in [-0.1, -0.05) is 0 Å². The molecule has 16 heavy (non-hydrogen) atoms. The summed E-state index contributed by atoms with van der Waals surface area (Å²) in [6, 6.07) is 5.38. The summed E-state index contributed by atoms with van der Waals surface area (Å²) in [5.41, 5.74) is 1.81. The van der Waals surface area contributed by atoms with Crippen molar-refractivity contribution in [1.29, 1.82) is 0 Å². The minimum Gasteiger partial charge on any atom is -0.488 e. The van der Waals surface area contributed by atoms with Crippen molar-refractivity contribution in [3.63, 3.8) is 0 Å². The molecule has 1 heterocycles. The number of fused-ring (bicyclic) bond motifs is 1. The van der Waals surface area contributed by atoms with Crippen LogP contribution in [0.1, 0.15) is 18.4 Å². The van der Waals surface area contributed by atoms with Crippen molar-refractivity contribution < 1.29 is 9.13 Å². The van der Waals surface area contributed by atoms with Crippen molar-refractivity contribution >= 4 is 10.9 Å². The molecule has 0 amide bonds. The van der Waals surface area contributed by atoms with E-state index < -0.39 is 0 Å². The minimum atomic E-state index is -0.310. The molecular weight excluding hydrogens is 205 g/mol. The summed E-state index contributed by atoms with van der Waals surface area (Å²) in [4.78, 5) is 4.10. The molecule has 1 saturated carbocycles. The van der Waals surface area contributed by atoms with E-state index in [1.165, 1.54) is 12.3 Å². The van der Waals surface area contributed by atoms with Gasteiger partial charge in [0.2, 0.25) is 0 Å². The van der Waals surface area contributed by atoms with Crippen molar-refractivity contribution in [2.24, 2.45) is 0 Å². The van der Waals surface area contributed by atoms with E-state index in [1.807, 2.05) is 19.1 Å². The molecule has 1 aromatic carbocycles. The van der Waals surface area contributed by atoms with Gasteiger partial charge in [-0.25, -0.2) is 9.37 Å². The van der Waals surface area contributed by atoms with Gasteiger partial charge in [0.25, 0.3) is 0 Å². The Morgan fingerprint density at radius 3 is 2.88 bits per heavy atom. The van der Waals surface area contributed by atoms with Gasteiger partial charge in [-0.3, -0.25) is 0 Å². The van der Waals surface area contributed by atoms with E-state index in [0.717, 1.165) is 35.1 Å². The van der Waals surface area contributed by atoms with Gasteiger partial charge >= 0.3 is 0 Å². The summed E-state index contributed by atoms with van der Waals surface area (Å²) >= 11 is 0. The molecule has 1 aliphatic carbocycles. The molecule has 0 atom stereocenters. The van der Waals surface area contributed by atoms with Crippen LogP contribution in [-0.2, 0) is 0 Å². The fourth-order valence-corrected chi connectivity index (χ4v) is 1.79. The summed E-state index contributed by atoms with van der Waals surface area (Å²) in [5, 5.41) is 0.802. The fourth-order valence-electron chi connectivity index (χ4n) is 1.79. The first-order valence-corrected chi connectivity index (χ1v) is 5.45. The lowest BCUT2D eigenvalue weighted by Crippen LogP contribution is -1.98. The lowest BCUT2D eigenvalue weighted by molar-refractivity contribution is 0.306. The van der Waals surface area contributed by atoms with Gasteiger partial charge in [-0.05, 0) is 43.5 Å². The van der Waals surface area contributed by atoms with Gasteiger partial charge in [0.15, 0.2) is 0 Å². The van der Waals surface area contributed by atoms with Crippen molar-refractivity contribution in [2.75, 3.05) is 0 Å². The molecule has 0 spiro atoms. The smallest absolute Gasteiger partial charge is 0.146 e. The van der Waals surface area contributed by atoms with E-state index in [4.69, 9.17) is 4.74 Å². The van der Waals surface area contributed by atoms with Gasteiger partial charge in [0.1, 0.15) is 17.1 Å². The van der Waals surface area contributed by atoms with Crippen LogP contribution in [0, 0.1) is 12.7 Å². The Bertz CT molecular complexity index is 544. The molecule has 0 N–H and O–H groups in total. The highest BCUT2D eigenvalue weighted by molar-refractivity contribution is 5.85. The predicted octanol–water partition coefficient (Wildman–Crippen LogP) is 3.22. The molecule has 2 nitrogen and oxygen atoms in total. The highest BCUT2D eigenvalue weighted by Gasteiger charge is 2.24. The fraction of sp³-hybridized carbons (Fsp3) is 0.308. The average molecular weight is 217 g/mol. The Labute approximate surface area is 93.1 Å². The van der Waals surface area contributed by atoms with Crippen LogP contribution in [0.3, 0.4) is 0 Å². The number of aryl methyl sites for hydroxylation is 1. The third-order valence-electron chi connectivity index (χ3n) is 2.68. The third-order valence-corrected chi connectivity index (χ3v) is 2.68. The van der Waals surface area contributed by atoms with Crippen LogP contribution in [0.25, 0.3) is 10.9 Å². The van der Waals surface area contributed by atoms with E-state index in [-0.39, 0.29) is 5.82 Å². The van der Waals surface area contributed by atoms with Crippen LogP contribution in [0.4, 0.5) is 4.39 Å². The summed E-state index contributed by atoms with van der Waals surface area (Å²) in [6.45, 7) is 1.98. The van der Waals surface area contributed by atoms with E-state index in [2.05, 4.69) is 4.98 Å². The van der Waals surface area contributed by atoms with E-state index in [9.17, 15) is 4.39 Å². The van der Waals surface area contributed by atoms with E-state index in [0.29, 0.717) is 6.10 Å². The topological polar surface area (TPSA) is 22.1 Å². The summed E-state index contributed by atoms with van der Waals surface area (Å²) < 4.78 is 18.8. The van der Waals surface area contributed by atoms with Gasteiger partial charge in [0.05, 0.1) is 12.3 Å². The van der Waals surface area contributed by atoms with Crippen molar-refractivity contribution in [1.82, 2.24) is 4.98 Å². The largest absolute Gasteiger partial charge is 0.488 e. The Balaban J connectivity index is 2.16. The zero-order valence-electron chi connectivity index (χ0n) is 9.03. The van der Waals surface area contributed by atoms with E-state index >= 15 is 0 Å². The molecule has 0 saturated heterocycles. The maximum absolute atomic E-state index is 13.1. The number of rotatable bonds is 2. The molecule has 3 rings (SSSR count). The Kier molecular flexibility index (Phi) is 2.06. The SMILES string of the molecule is Cc1cc(OC2CC2)c2ncc(F)cc2c1. The second kappa shape index (κ2) is 3.44. The Hall–Kier alpha value is -1.64. The Morgan fingerprint density at radius 1 is 1.31 bits per heavy atom. The lowest BCUT2D eigenvalue weighted by atomic mass is 10.1. The number of benzene rings is 1. The highest BCUT2D eigenvalue weighted by Crippen LogP contribution is 2.32. The number of nitrogens with zero attached hydrogens (tertiary/aromatic N) is 1. The summed E-state index contributed by atoms with van der Waals surface area (Å²) in [5.74, 6) is 0.466. The molecule has 0 bridgehead atoms. The first-order chi connectivity index (χ1) is 7.72. The van der Waals surface area contributed by atoms with Gasteiger partial charge in [-0.2, -0.15) is 0 Å². The average Bonchev–Trinajstić information content (AvgIpc) is 3.00. The normalized spacial score (nSPS) is 15.4. The second-order valence-corrected chi connectivity index (χ2v) is 4.31. The maximum Gasteiger partial charge on any atom is 0.146 e. The molecule has 1 aliphatic rings. The maximum atomic E-state index is 13.1. The standard InChI is InChI=1S/C13H12FNO/c1-8-4-9-6-10(14)7-15-13(9)12(5-8)16-11-2-3-11/h4-7,11H,2-3H2,1H3. The van der Waals surface area contributed by atoms with Crippen LogP contribution < -0.4 is 4.74 Å². The number of ether oxygens (including phenoxy) is 1. The van der Waals surface area contributed by atoms with Crippen LogP contribution in [0.5, 0.6) is 5.75 Å². The first-order valence-electron chi connectivity index (χ1n) is 5.45. The number of halogens is 1. The lowest BCUT2D eigenvalue weighted by Gasteiger charge is -2.08. The number of hydrogen-bond acceptors (Lipinski definition) is 2. The molecule has 0 aliphatic heterocycles. The van der Waals surface area contributed by atoms with Crippen molar-refractivity contribution in [3.8, 4) is 5.75 Å². The molecule has 0 radical (unpaired) electrons. The second-order valence-electron chi connectivity index (χ2n) is 4.31. The minimum absolute atomic E-state index is 0.310. The monoisotopic (exact) mass is 217 g/mol. The van der Waals surface area contributed by atoms with E-state index in [1.54, 1.807) is 0 Å². The molecular formula is C13H12FNO. The third kappa shape index (κ3) is 1.73. The summed E-state index contributed by atoms with van der Waals surface area (Å²) in [7, 11) is 0. The quantitative estimate of drug-likeness (QED) is 0.770. The number of pyridine rings is 1. The summed E-state index contributed by atoms with van der Waals surface area (Å²) in [6.07, 6.45) is 3.78. The molecule has 1 fully saturated rings. The molecule has 0 unspecified atom stereocenters. The van der Waals surface area contributed by atoms with Gasteiger partial charge in [-0.15, -0.1) is 0 Å². The molecule has 82 valence electrons. The van der Waals surface area contributed by atoms with Crippen LogP contribution in [0.15, 0.2) is 24.4 Å².